The Morgan fingerprint density at radius 3 is 2.44 bits per heavy atom. The first-order valence-electron chi connectivity index (χ1n) is 5.39. The fourth-order valence-corrected chi connectivity index (χ4v) is 1.82. The molecule has 0 heterocycles. The summed E-state index contributed by atoms with van der Waals surface area (Å²) in [6, 6.07) is 5.08. The second kappa shape index (κ2) is 7.24. The normalized spacial score (nSPS) is 9.94. The highest BCUT2D eigenvalue weighted by molar-refractivity contribution is 6.36. The van der Waals surface area contributed by atoms with E-state index < -0.39 is 11.9 Å². The van der Waals surface area contributed by atoms with Gasteiger partial charge in [0.05, 0.1) is 6.61 Å². The van der Waals surface area contributed by atoms with Crippen molar-refractivity contribution in [1.82, 2.24) is 5.32 Å². The maximum absolute atomic E-state index is 11.4. The maximum atomic E-state index is 11.4. The first-order chi connectivity index (χ1) is 8.54. The largest absolute Gasteiger partial charge is 0.466 e. The summed E-state index contributed by atoms with van der Waals surface area (Å²) in [7, 11) is 0. The second-order valence-electron chi connectivity index (χ2n) is 3.46. The van der Waals surface area contributed by atoms with Crippen LogP contribution in [0.4, 0.5) is 0 Å². The smallest absolute Gasteiger partial charge is 0.315 e. The number of rotatable bonds is 5. The van der Waals surface area contributed by atoms with Gasteiger partial charge in [-0.3, -0.25) is 9.59 Å². The maximum Gasteiger partial charge on any atom is 0.315 e. The van der Waals surface area contributed by atoms with Crippen molar-refractivity contribution >= 4 is 35.1 Å². The SMILES string of the molecule is CCOC(=O)CC(=O)NCc1c(Cl)cccc1Cl. The Bertz CT molecular complexity index is 429. The predicted octanol–water partition coefficient (Wildman–Crippen LogP) is 2.56. The molecule has 98 valence electrons. The molecular weight excluding hydrogens is 277 g/mol. The van der Waals surface area contributed by atoms with Crippen molar-refractivity contribution in [1.29, 1.82) is 0 Å². The van der Waals surface area contributed by atoms with Crippen molar-refractivity contribution in [3.63, 3.8) is 0 Å². The molecule has 0 radical (unpaired) electrons. The molecule has 1 aromatic carbocycles. The lowest BCUT2D eigenvalue weighted by atomic mass is 10.2. The third-order valence-corrected chi connectivity index (χ3v) is 2.84. The third-order valence-electron chi connectivity index (χ3n) is 2.13. The van der Waals surface area contributed by atoms with Crippen molar-refractivity contribution in [3.05, 3.63) is 33.8 Å². The van der Waals surface area contributed by atoms with E-state index in [1.165, 1.54) is 0 Å². The molecule has 0 aliphatic heterocycles. The fraction of sp³-hybridized carbons (Fsp3) is 0.333. The van der Waals surface area contributed by atoms with Gasteiger partial charge in [-0.15, -0.1) is 0 Å². The van der Waals surface area contributed by atoms with Gasteiger partial charge in [-0.2, -0.15) is 0 Å². The lowest BCUT2D eigenvalue weighted by Crippen LogP contribution is -2.26. The second-order valence-corrected chi connectivity index (χ2v) is 4.27. The van der Waals surface area contributed by atoms with Gasteiger partial charge in [0.15, 0.2) is 0 Å². The van der Waals surface area contributed by atoms with Crippen LogP contribution in [-0.2, 0) is 20.9 Å². The lowest BCUT2D eigenvalue weighted by Gasteiger charge is -2.08. The first kappa shape index (κ1) is 14.8. The highest BCUT2D eigenvalue weighted by atomic mass is 35.5. The number of carbonyl (C=O) groups is 2. The average Bonchev–Trinajstić information content (AvgIpc) is 2.28. The third kappa shape index (κ3) is 4.55. The molecule has 4 nitrogen and oxygen atoms in total. The standard InChI is InChI=1S/C12H13Cl2NO3/c1-2-18-12(17)6-11(16)15-7-8-9(13)4-3-5-10(8)14/h3-5H,2,6-7H2,1H3,(H,15,16). The van der Waals surface area contributed by atoms with Crippen LogP contribution in [0.25, 0.3) is 0 Å². The highest BCUT2D eigenvalue weighted by Crippen LogP contribution is 2.23. The number of hydrogen-bond acceptors (Lipinski definition) is 3. The number of nitrogens with one attached hydrogen (secondary N) is 1. The van der Waals surface area contributed by atoms with E-state index in [0.29, 0.717) is 15.6 Å². The van der Waals surface area contributed by atoms with E-state index in [0.717, 1.165) is 0 Å². The number of ether oxygens (including phenoxy) is 1. The van der Waals surface area contributed by atoms with Crippen LogP contribution < -0.4 is 5.32 Å². The van der Waals surface area contributed by atoms with Crippen molar-refractivity contribution in [3.8, 4) is 0 Å². The summed E-state index contributed by atoms with van der Waals surface area (Å²) in [5.41, 5.74) is 0.623. The number of benzene rings is 1. The van der Waals surface area contributed by atoms with Crippen molar-refractivity contribution in [2.24, 2.45) is 0 Å². The molecule has 0 aliphatic carbocycles. The minimum absolute atomic E-state index is 0.177. The molecule has 1 aromatic rings. The average molecular weight is 290 g/mol. The van der Waals surface area contributed by atoms with E-state index >= 15 is 0 Å². The molecule has 1 amide bonds. The molecule has 0 spiro atoms. The van der Waals surface area contributed by atoms with Crippen LogP contribution in [0, 0.1) is 0 Å². The van der Waals surface area contributed by atoms with Crippen LogP contribution in [0.15, 0.2) is 18.2 Å². The molecular formula is C12H13Cl2NO3. The Balaban J connectivity index is 2.50. The van der Waals surface area contributed by atoms with Crippen molar-refractivity contribution < 1.29 is 14.3 Å². The van der Waals surface area contributed by atoms with Crippen LogP contribution in [0.3, 0.4) is 0 Å². The molecule has 1 N–H and O–H groups in total. The molecule has 0 aliphatic rings. The quantitative estimate of drug-likeness (QED) is 0.670. The molecule has 0 fully saturated rings. The van der Waals surface area contributed by atoms with E-state index in [4.69, 9.17) is 23.2 Å². The number of carbonyl (C=O) groups excluding carboxylic acids is 2. The molecule has 0 saturated heterocycles. The Labute approximate surface area is 115 Å². The molecule has 6 heteroatoms. The summed E-state index contributed by atoms with van der Waals surface area (Å²) in [5, 5.41) is 3.50. The van der Waals surface area contributed by atoms with Crippen molar-refractivity contribution in [2.75, 3.05) is 6.61 Å². The highest BCUT2D eigenvalue weighted by Gasteiger charge is 2.11. The summed E-state index contributed by atoms with van der Waals surface area (Å²) >= 11 is 11.9. The van der Waals surface area contributed by atoms with E-state index in [9.17, 15) is 9.59 Å². The molecule has 0 aromatic heterocycles. The summed E-state index contributed by atoms with van der Waals surface area (Å²) < 4.78 is 4.66. The summed E-state index contributed by atoms with van der Waals surface area (Å²) in [5.74, 6) is -0.982. The molecule has 18 heavy (non-hydrogen) atoms. The lowest BCUT2D eigenvalue weighted by molar-refractivity contribution is -0.145. The van der Waals surface area contributed by atoms with Crippen LogP contribution in [0.2, 0.25) is 10.0 Å². The molecule has 0 saturated carbocycles. The van der Waals surface area contributed by atoms with E-state index in [-0.39, 0.29) is 19.6 Å². The molecule has 1 rings (SSSR count). The van der Waals surface area contributed by atoms with Gasteiger partial charge in [0.1, 0.15) is 6.42 Å². The zero-order valence-corrected chi connectivity index (χ0v) is 11.3. The Morgan fingerprint density at radius 1 is 1.28 bits per heavy atom. The minimum Gasteiger partial charge on any atom is -0.466 e. The molecule has 0 unspecified atom stereocenters. The zero-order valence-electron chi connectivity index (χ0n) is 9.83. The van der Waals surface area contributed by atoms with Gasteiger partial charge in [0.2, 0.25) is 5.91 Å². The van der Waals surface area contributed by atoms with Crippen LogP contribution >= 0.6 is 23.2 Å². The van der Waals surface area contributed by atoms with E-state index in [2.05, 4.69) is 10.1 Å². The number of esters is 1. The summed E-state index contributed by atoms with van der Waals surface area (Å²) in [6.45, 7) is 2.11. The number of hydrogen-bond donors (Lipinski definition) is 1. The van der Waals surface area contributed by atoms with Crippen LogP contribution in [-0.4, -0.2) is 18.5 Å². The zero-order chi connectivity index (χ0) is 13.5. The van der Waals surface area contributed by atoms with Gasteiger partial charge >= 0.3 is 5.97 Å². The minimum atomic E-state index is -0.555. The number of halogens is 2. The Morgan fingerprint density at radius 2 is 1.89 bits per heavy atom. The monoisotopic (exact) mass is 289 g/mol. The molecule has 0 bridgehead atoms. The van der Waals surface area contributed by atoms with E-state index in [1.54, 1.807) is 25.1 Å². The van der Waals surface area contributed by atoms with E-state index in [1.807, 2.05) is 0 Å². The Hall–Kier alpha value is -1.26. The Kier molecular flexibility index (Phi) is 5.95. The van der Waals surface area contributed by atoms with Gasteiger partial charge < -0.3 is 10.1 Å². The van der Waals surface area contributed by atoms with Gasteiger partial charge in [-0.05, 0) is 19.1 Å². The summed E-state index contributed by atoms with van der Waals surface area (Å²) in [4.78, 5) is 22.5. The predicted molar refractivity (Wildman–Crippen MR) is 69.6 cm³/mol. The summed E-state index contributed by atoms with van der Waals surface area (Å²) in [6.07, 6.45) is -0.310. The van der Waals surface area contributed by atoms with Crippen LogP contribution in [0.5, 0.6) is 0 Å². The van der Waals surface area contributed by atoms with Crippen molar-refractivity contribution in [2.45, 2.75) is 19.9 Å². The van der Waals surface area contributed by atoms with Gasteiger partial charge in [0.25, 0.3) is 0 Å². The van der Waals surface area contributed by atoms with Crippen LogP contribution in [0.1, 0.15) is 18.9 Å². The fourth-order valence-electron chi connectivity index (χ4n) is 1.29. The number of amides is 1. The van der Waals surface area contributed by atoms with Gasteiger partial charge in [0, 0.05) is 22.2 Å². The first-order valence-corrected chi connectivity index (χ1v) is 6.15. The topological polar surface area (TPSA) is 55.4 Å². The van der Waals surface area contributed by atoms with Gasteiger partial charge in [-0.25, -0.2) is 0 Å². The molecule has 0 atom stereocenters. The van der Waals surface area contributed by atoms with Gasteiger partial charge in [-0.1, -0.05) is 29.3 Å².